The molecular formula is C17H21FN6O. The largest absolute Gasteiger partial charge is 0.374 e. The van der Waals surface area contributed by atoms with Crippen molar-refractivity contribution in [1.29, 1.82) is 0 Å². The summed E-state index contributed by atoms with van der Waals surface area (Å²) in [7, 11) is 0. The summed E-state index contributed by atoms with van der Waals surface area (Å²) in [4.78, 5) is 10.9. The Labute approximate surface area is 145 Å². The fourth-order valence-electron chi connectivity index (χ4n) is 3.40. The number of halogens is 1. The van der Waals surface area contributed by atoms with E-state index in [9.17, 15) is 4.39 Å². The molecule has 1 aromatic carbocycles. The zero-order chi connectivity index (χ0) is 17.2. The van der Waals surface area contributed by atoms with Gasteiger partial charge in [-0.3, -0.25) is 9.58 Å². The number of morpholine rings is 1. The second-order valence-electron chi connectivity index (χ2n) is 6.25. The van der Waals surface area contributed by atoms with Gasteiger partial charge in [-0.2, -0.15) is 5.10 Å². The lowest BCUT2D eigenvalue weighted by Gasteiger charge is -2.32. The Morgan fingerprint density at radius 3 is 3.08 bits per heavy atom. The first-order chi connectivity index (χ1) is 12.2. The maximum Gasteiger partial charge on any atom is 0.137 e. The molecule has 0 N–H and O–H groups in total. The number of rotatable bonds is 5. The van der Waals surface area contributed by atoms with Gasteiger partial charge in [0.2, 0.25) is 0 Å². The molecule has 3 aromatic rings. The highest BCUT2D eigenvalue weighted by atomic mass is 19.1. The summed E-state index contributed by atoms with van der Waals surface area (Å²) >= 11 is 0. The lowest BCUT2D eigenvalue weighted by Crippen LogP contribution is -2.44. The Bertz CT molecular complexity index is 846. The highest BCUT2D eigenvalue weighted by Crippen LogP contribution is 2.19. The van der Waals surface area contributed by atoms with Crippen LogP contribution >= 0.6 is 0 Å². The van der Waals surface area contributed by atoms with Crippen LogP contribution in [-0.4, -0.2) is 55.0 Å². The zero-order valence-corrected chi connectivity index (χ0v) is 14.2. The molecule has 7 nitrogen and oxygen atoms in total. The minimum atomic E-state index is -0.251. The van der Waals surface area contributed by atoms with Gasteiger partial charge in [0.1, 0.15) is 24.3 Å². The van der Waals surface area contributed by atoms with Crippen LogP contribution in [0.5, 0.6) is 0 Å². The number of hydrogen-bond acceptors (Lipinski definition) is 5. The third-order valence-electron chi connectivity index (χ3n) is 4.55. The van der Waals surface area contributed by atoms with E-state index in [1.807, 2.05) is 0 Å². The maximum absolute atomic E-state index is 13.5. The molecule has 1 aliphatic rings. The zero-order valence-electron chi connectivity index (χ0n) is 14.2. The Balaban J connectivity index is 1.50. The van der Waals surface area contributed by atoms with Gasteiger partial charge in [-0.25, -0.2) is 14.4 Å². The molecule has 3 heterocycles. The van der Waals surface area contributed by atoms with E-state index in [1.54, 1.807) is 17.1 Å². The van der Waals surface area contributed by atoms with Crippen LogP contribution < -0.4 is 0 Å². The van der Waals surface area contributed by atoms with Crippen LogP contribution in [0.15, 0.2) is 30.9 Å². The smallest absolute Gasteiger partial charge is 0.137 e. The van der Waals surface area contributed by atoms with Gasteiger partial charge in [-0.1, -0.05) is 0 Å². The fraction of sp³-hybridized carbons (Fsp3) is 0.471. The van der Waals surface area contributed by atoms with E-state index in [-0.39, 0.29) is 11.9 Å². The normalized spacial score (nSPS) is 18.9. The number of aromatic nitrogens is 5. The fourth-order valence-corrected chi connectivity index (χ4v) is 3.40. The van der Waals surface area contributed by atoms with Gasteiger partial charge >= 0.3 is 0 Å². The second kappa shape index (κ2) is 6.89. The predicted molar refractivity (Wildman–Crippen MR) is 90.4 cm³/mol. The molecule has 0 saturated carbocycles. The molecule has 8 heteroatoms. The van der Waals surface area contributed by atoms with Gasteiger partial charge in [0, 0.05) is 25.7 Å². The average molecular weight is 344 g/mol. The molecule has 1 fully saturated rings. The molecular weight excluding hydrogens is 323 g/mol. The number of hydrogen-bond donors (Lipinski definition) is 0. The molecule has 2 aromatic heterocycles. The van der Waals surface area contributed by atoms with Crippen molar-refractivity contribution in [2.24, 2.45) is 0 Å². The molecule has 0 bridgehead atoms. The summed E-state index contributed by atoms with van der Waals surface area (Å²) in [5.41, 5.74) is 1.69. The summed E-state index contributed by atoms with van der Waals surface area (Å²) in [5.74, 6) is 0.712. The van der Waals surface area contributed by atoms with Crippen molar-refractivity contribution in [3.8, 4) is 0 Å². The number of fused-ring (bicyclic) bond motifs is 1. The minimum absolute atomic E-state index is 0.0762. The molecule has 0 spiro atoms. The molecule has 1 saturated heterocycles. The molecule has 0 aliphatic carbocycles. The van der Waals surface area contributed by atoms with Gasteiger partial charge in [-0.15, -0.1) is 0 Å². The van der Waals surface area contributed by atoms with Crippen LogP contribution in [0.2, 0.25) is 0 Å². The number of benzene rings is 1. The van der Waals surface area contributed by atoms with Crippen LogP contribution in [0.1, 0.15) is 12.7 Å². The molecule has 0 unspecified atom stereocenters. The molecule has 25 heavy (non-hydrogen) atoms. The van der Waals surface area contributed by atoms with Crippen LogP contribution in [0.4, 0.5) is 4.39 Å². The van der Waals surface area contributed by atoms with Crippen LogP contribution in [0.3, 0.4) is 0 Å². The SMILES string of the molecule is CCn1c(CN2CCO[C@H](Cn3cncn3)C2)nc2cc(F)ccc21. The van der Waals surface area contributed by atoms with Crippen molar-refractivity contribution in [3.63, 3.8) is 0 Å². The summed E-state index contributed by atoms with van der Waals surface area (Å²) in [6.07, 6.45) is 3.31. The van der Waals surface area contributed by atoms with E-state index >= 15 is 0 Å². The average Bonchev–Trinajstić information content (AvgIpc) is 3.22. The van der Waals surface area contributed by atoms with E-state index in [0.717, 1.165) is 37.5 Å². The lowest BCUT2D eigenvalue weighted by molar-refractivity contribution is -0.0411. The van der Waals surface area contributed by atoms with Crippen molar-refractivity contribution in [3.05, 3.63) is 42.5 Å². The third kappa shape index (κ3) is 3.40. The Kier molecular flexibility index (Phi) is 4.46. The van der Waals surface area contributed by atoms with Gasteiger partial charge in [-0.05, 0) is 19.1 Å². The molecule has 1 aliphatic heterocycles. The Hall–Kier alpha value is -2.32. The van der Waals surface area contributed by atoms with Crippen molar-refractivity contribution in [2.75, 3.05) is 19.7 Å². The highest BCUT2D eigenvalue weighted by molar-refractivity contribution is 5.76. The quantitative estimate of drug-likeness (QED) is 0.705. The third-order valence-corrected chi connectivity index (χ3v) is 4.55. The summed E-state index contributed by atoms with van der Waals surface area (Å²) in [6.45, 7) is 6.65. The summed E-state index contributed by atoms with van der Waals surface area (Å²) in [6, 6.07) is 4.79. The van der Waals surface area contributed by atoms with Gasteiger partial charge in [0.15, 0.2) is 0 Å². The van der Waals surface area contributed by atoms with Crippen molar-refractivity contribution >= 4 is 11.0 Å². The van der Waals surface area contributed by atoms with Crippen LogP contribution in [-0.2, 0) is 24.4 Å². The van der Waals surface area contributed by atoms with Gasteiger partial charge < -0.3 is 9.30 Å². The monoisotopic (exact) mass is 344 g/mol. The minimum Gasteiger partial charge on any atom is -0.374 e. The van der Waals surface area contributed by atoms with Crippen molar-refractivity contribution in [2.45, 2.75) is 32.7 Å². The van der Waals surface area contributed by atoms with E-state index in [1.165, 1.54) is 18.5 Å². The number of imidazole rings is 1. The molecule has 4 rings (SSSR count). The second-order valence-corrected chi connectivity index (χ2v) is 6.25. The molecule has 0 radical (unpaired) electrons. The number of ether oxygens (including phenoxy) is 1. The lowest BCUT2D eigenvalue weighted by atomic mass is 10.2. The summed E-state index contributed by atoms with van der Waals surface area (Å²) < 4.78 is 23.3. The van der Waals surface area contributed by atoms with E-state index in [2.05, 4.69) is 31.5 Å². The Morgan fingerprint density at radius 1 is 1.36 bits per heavy atom. The van der Waals surface area contributed by atoms with Crippen molar-refractivity contribution in [1.82, 2.24) is 29.2 Å². The predicted octanol–water partition coefficient (Wildman–Crippen LogP) is 1.69. The van der Waals surface area contributed by atoms with Gasteiger partial charge in [0.25, 0.3) is 0 Å². The number of aryl methyl sites for hydroxylation is 1. The summed E-state index contributed by atoms with van der Waals surface area (Å²) in [5, 5.41) is 4.14. The van der Waals surface area contributed by atoms with Crippen LogP contribution in [0.25, 0.3) is 11.0 Å². The van der Waals surface area contributed by atoms with Gasteiger partial charge in [0.05, 0.1) is 36.8 Å². The van der Waals surface area contributed by atoms with E-state index in [0.29, 0.717) is 18.7 Å². The first-order valence-corrected chi connectivity index (χ1v) is 8.54. The first kappa shape index (κ1) is 16.2. The van der Waals surface area contributed by atoms with Crippen LogP contribution in [0, 0.1) is 5.82 Å². The first-order valence-electron chi connectivity index (χ1n) is 8.54. The molecule has 1 atom stereocenters. The van der Waals surface area contributed by atoms with Crippen molar-refractivity contribution < 1.29 is 9.13 Å². The number of nitrogens with zero attached hydrogens (tertiary/aromatic N) is 6. The maximum atomic E-state index is 13.5. The Morgan fingerprint density at radius 2 is 2.28 bits per heavy atom. The van der Waals surface area contributed by atoms with E-state index in [4.69, 9.17) is 4.74 Å². The topological polar surface area (TPSA) is 61.0 Å². The molecule has 0 amide bonds. The standard InChI is InChI=1S/C17H21FN6O/c1-2-24-16-4-3-13(18)7-15(16)21-17(24)10-22-5-6-25-14(8-22)9-23-12-19-11-20-23/h3-4,7,11-12,14H,2,5-6,8-10H2,1H3/t14-/m0/s1. The highest BCUT2D eigenvalue weighted by Gasteiger charge is 2.23. The molecule has 132 valence electrons. The van der Waals surface area contributed by atoms with E-state index < -0.39 is 0 Å².